The maximum Gasteiger partial charge on any atom is 0.109 e. The lowest BCUT2D eigenvalue weighted by molar-refractivity contribution is -0.0227. The molecular formula is C10H15NO2. The number of fused-ring (bicyclic) bond motifs is 1. The van der Waals surface area contributed by atoms with Crippen molar-refractivity contribution in [3.05, 3.63) is 23.7 Å². The Morgan fingerprint density at radius 2 is 2.54 bits per heavy atom. The van der Waals surface area contributed by atoms with Gasteiger partial charge in [0.2, 0.25) is 0 Å². The van der Waals surface area contributed by atoms with E-state index in [4.69, 9.17) is 14.9 Å². The molecule has 0 aromatic carbocycles. The first-order valence-corrected chi connectivity index (χ1v) is 4.64. The topological polar surface area (TPSA) is 48.4 Å². The molecular weight excluding hydrogens is 166 g/mol. The number of aryl methyl sites for hydroxylation is 1. The summed E-state index contributed by atoms with van der Waals surface area (Å²) in [5.74, 6) is 1.04. The van der Waals surface area contributed by atoms with Crippen LogP contribution in [0.4, 0.5) is 0 Å². The van der Waals surface area contributed by atoms with Gasteiger partial charge in [0.15, 0.2) is 0 Å². The van der Waals surface area contributed by atoms with Crippen molar-refractivity contribution in [3.8, 4) is 0 Å². The zero-order chi connectivity index (χ0) is 9.31. The van der Waals surface area contributed by atoms with Gasteiger partial charge in [0.05, 0.1) is 6.26 Å². The van der Waals surface area contributed by atoms with E-state index in [1.807, 2.05) is 6.07 Å². The number of hydrogen-bond acceptors (Lipinski definition) is 3. The molecule has 72 valence electrons. The molecule has 0 amide bonds. The van der Waals surface area contributed by atoms with Crippen LogP contribution in [0, 0.1) is 0 Å². The summed E-state index contributed by atoms with van der Waals surface area (Å²) < 4.78 is 10.9. The fraction of sp³-hybridized carbons (Fsp3) is 0.600. The number of methoxy groups -OCH3 is 1. The van der Waals surface area contributed by atoms with Gasteiger partial charge in [-0.25, -0.2) is 0 Å². The van der Waals surface area contributed by atoms with Crippen LogP contribution in [0.1, 0.15) is 24.2 Å². The summed E-state index contributed by atoms with van der Waals surface area (Å²) in [6.07, 6.45) is 4.81. The van der Waals surface area contributed by atoms with Gasteiger partial charge in [-0.05, 0) is 18.9 Å². The molecule has 2 N–H and O–H groups in total. The van der Waals surface area contributed by atoms with E-state index in [-0.39, 0.29) is 5.60 Å². The molecule has 1 atom stereocenters. The van der Waals surface area contributed by atoms with Crippen LogP contribution in [0.3, 0.4) is 0 Å². The van der Waals surface area contributed by atoms with E-state index in [0.29, 0.717) is 6.54 Å². The van der Waals surface area contributed by atoms with E-state index in [0.717, 1.165) is 30.6 Å². The lowest BCUT2D eigenvalue weighted by atomic mass is 9.83. The molecule has 3 nitrogen and oxygen atoms in total. The highest BCUT2D eigenvalue weighted by Crippen LogP contribution is 2.37. The predicted octanol–water partition coefficient (Wildman–Crippen LogP) is 1.42. The second-order valence-electron chi connectivity index (χ2n) is 3.51. The number of nitrogens with two attached hydrogens (primary N) is 1. The van der Waals surface area contributed by atoms with Gasteiger partial charge in [-0.15, -0.1) is 0 Å². The Morgan fingerprint density at radius 1 is 1.69 bits per heavy atom. The largest absolute Gasteiger partial charge is 0.469 e. The molecule has 1 unspecified atom stereocenters. The van der Waals surface area contributed by atoms with Crippen molar-refractivity contribution in [2.24, 2.45) is 5.73 Å². The predicted molar refractivity (Wildman–Crippen MR) is 49.4 cm³/mol. The molecule has 1 aliphatic carbocycles. The molecule has 0 aliphatic heterocycles. The highest BCUT2D eigenvalue weighted by atomic mass is 16.5. The molecule has 0 spiro atoms. The summed E-state index contributed by atoms with van der Waals surface area (Å²) in [5, 5.41) is 0. The maximum atomic E-state index is 5.76. The Kier molecular flexibility index (Phi) is 2.14. The van der Waals surface area contributed by atoms with E-state index in [9.17, 15) is 0 Å². The van der Waals surface area contributed by atoms with Crippen LogP contribution in [0.25, 0.3) is 0 Å². The van der Waals surface area contributed by atoms with E-state index >= 15 is 0 Å². The Hall–Kier alpha value is -0.800. The summed E-state index contributed by atoms with van der Waals surface area (Å²) >= 11 is 0. The summed E-state index contributed by atoms with van der Waals surface area (Å²) in [7, 11) is 1.72. The first-order chi connectivity index (χ1) is 6.32. The van der Waals surface area contributed by atoms with Crippen LogP contribution in [0.5, 0.6) is 0 Å². The minimum Gasteiger partial charge on any atom is -0.469 e. The third-order valence-electron chi connectivity index (χ3n) is 2.94. The molecule has 0 bridgehead atoms. The minimum absolute atomic E-state index is 0.291. The van der Waals surface area contributed by atoms with Crippen molar-refractivity contribution in [3.63, 3.8) is 0 Å². The first kappa shape index (κ1) is 8.78. The molecule has 3 heteroatoms. The molecule has 0 fully saturated rings. The van der Waals surface area contributed by atoms with Gasteiger partial charge in [0, 0.05) is 25.6 Å². The van der Waals surface area contributed by atoms with Crippen molar-refractivity contribution in [1.82, 2.24) is 0 Å². The van der Waals surface area contributed by atoms with Crippen LogP contribution in [-0.4, -0.2) is 13.7 Å². The van der Waals surface area contributed by atoms with Crippen LogP contribution < -0.4 is 5.73 Å². The third-order valence-corrected chi connectivity index (χ3v) is 2.94. The normalized spacial score (nSPS) is 27.2. The van der Waals surface area contributed by atoms with Crippen LogP contribution in [-0.2, 0) is 16.8 Å². The summed E-state index contributed by atoms with van der Waals surface area (Å²) in [6.45, 7) is 0.524. The molecule has 1 aliphatic rings. The van der Waals surface area contributed by atoms with Crippen LogP contribution in [0.15, 0.2) is 16.7 Å². The molecule has 0 saturated heterocycles. The average molecular weight is 181 g/mol. The van der Waals surface area contributed by atoms with Crippen molar-refractivity contribution in [2.45, 2.75) is 24.9 Å². The van der Waals surface area contributed by atoms with Crippen molar-refractivity contribution >= 4 is 0 Å². The molecule has 1 aromatic heterocycles. The summed E-state index contributed by atoms with van der Waals surface area (Å²) in [4.78, 5) is 0. The number of ether oxygens (including phenoxy) is 1. The summed E-state index contributed by atoms with van der Waals surface area (Å²) in [5.41, 5.74) is 6.61. The van der Waals surface area contributed by atoms with Gasteiger partial charge in [-0.2, -0.15) is 0 Å². The quantitative estimate of drug-likeness (QED) is 0.750. The molecule has 1 heterocycles. The lowest BCUT2D eigenvalue weighted by Gasteiger charge is -2.34. The standard InChI is InChI=1S/C10H15NO2/c1-12-10(7-11)5-2-3-9-8(10)4-6-13-9/h4,6H,2-3,5,7,11H2,1H3. The van der Waals surface area contributed by atoms with Gasteiger partial charge < -0.3 is 14.9 Å². The molecule has 0 radical (unpaired) electrons. The number of rotatable bonds is 2. The van der Waals surface area contributed by atoms with Gasteiger partial charge in [-0.1, -0.05) is 0 Å². The lowest BCUT2D eigenvalue weighted by Crippen LogP contribution is -2.39. The second-order valence-corrected chi connectivity index (χ2v) is 3.51. The minimum atomic E-state index is -0.291. The van der Waals surface area contributed by atoms with E-state index in [1.54, 1.807) is 13.4 Å². The maximum absolute atomic E-state index is 5.76. The Labute approximate surface area is 77.9 Å². The Morgan fingerprint density at radius 3 is 3.23 bits per heavy atom. The van der Waals surface area contributed by atoms with Gasteiger partial charge in [0.1, 0.15) is 11.4 Å². The summed E-state index contributed by atoms with van der Waals surface area (Å²) in [6, 6.07) is 1.98. The van der Waals surface area contributed by atoms with Crippen molar-refractivity contribution in [2.75, 3.05) is 13.7 Å². The highest BCUT2D eigenvalue weighted by Gasteiger charge is 2.37. The molecule has 1 aromatic rings. The van der Waals surface area contributed by atoms with Gasteiger partial charge >= 0.3 is 0 Å². The van der Waals surface area contributed by atoms with Crippen LogP contribution in [0.2, 0.25) is 0 Å². The van der Waals surface area contributed by atoms with E-state index < -0.39 is 0 Å². The highest BCUT2D eigenvalue weighted by molar-refractivity contribution is 5.28. The zero-order valence-electron chi connectivity index (χ0n) is 7.88. The fourth-order valence-corrected chi connectivity index (χ4v) is 2.12. The van der Waals surface area contributed by atoms with Gasteiger partial charge in [-0.3, -0.25) is 0 Å². The number of furan rings is 1. The molecule has 0 saturated carbocycles. The van der Waals surface area contributed by atoms with Crippen LogP contribution >= 0.6 is 0 Å². The van der Waals surface area contributed by atoms with Crippen molar-refractivity contribution in [1.29, 1.82) is 0 Å². The average Bonchev–Trinajstić information content (AvgIpc) is 2.65. The van der Waals surface area contributed by atoms with Crippen molar-refractivity contribution < 1.29 is 9.15 Å². The second kappa shape index (κ2) is 3.16. The monoisotopic (exact) mass is 181 g/mol. The Bertz CT molecular complexity index is 289. The number of hydrogen-bond donors (Lipinski definition) is 1. The smallest absolute Gasteiger partial charge is 0.109 e. The SMILES string of the molecule is COC1(CN)CCCc2occc21. The Balaban J connectivity index is 2.43. The van der Waals surface area contributed by atoms with E-state index in [1.165, 1.54) is 0 Å². The fourth-order valence-electron chi connectivity index (χ4n) is 2.12. The first-order valence-electron chi connectivity index (χ1n) is 4.64. The zero-order valence-corrected chi connectivity index (χ0v) is 7.88. The third kappa shape index (κ3) is 1.19. The van der Waals surface area contributed by atoms with Gasteiger partial charge in [0.25, 0.3) is 0 Å². The van der Waals surface area contributed by atoms with E-state index in [2.05, 4.69) is 0 Å². The molecule has 2 rings (SSSR count). The molecule has 13 heavy (non-hydrogen) atoms.